The molecular formula is C34H36ClN3O4. The summed E-state index contributed by atoms with van der Waals surface area (Å²) < 4.78 is 0. The van der Waals surface area contributed by atoms with E-state index in [0.717, 1.165) is 36.8 Å². The lowest BCUT2D eigenvalue weighted by molar-refractivity contribution is -0.141. The van der Waals surface area contributed by atoms with Crippen molar-refractivity contribution in [3.05, 3.63) is 106 Å². The maximum absolute atomic E-state index is 13.9. The van der Waals surface area contributed by atoms with Crippen LogP contribution in [-0.4, -0.2) is 52.1 Å². The Balaban J connectivity index is 1.35. The van der Waals surface area contributed by atoms with E-state index in [1.54, 1.807) is 41.3 Å². The van der Waals surface area contributed by atoms with Crippen molar-refractivity contribution < 1.29 is 19.2 Å². The second-order valence-electron chi connectivity index (χ2n) is 11.1. The van der Waals surface area contributed by atoms with E-state index in [1.807, 2.05) is 42.5 Å². The number of benzene rings is 3. The lowest BCUT2D eigenvalue weighted by atomic mass is 9.94. The zero-order valence-corrected chi connectivity index (χ0v) is 24.4. The fourth-order valence-electron chi connectivity index (χ4n) is 5.86. The molecule has 5 rings (SSSR count). The first kappa shape index (κ1) is 29.5. The van der Waals surface area contributed by atoms with E-state index in [4.69, 9.17) is 11.6 Å². The van der Waals surface area contributed by atoms with Crippen molar-refractivity contribution in [3.63, 3.8) is 0 Å². The summed E-state index contributed by atoms with van der Waals surface area (Å²) in [7, 11) is 0. The first-order valence-corrected chi connectivity index (χ1v) is 15.1. The molecule has 1 atom stereocenters. The van der Waals surface area contributed by atoms with E-state index < -0.39 is 6.04 Å². The van der Waals surface area contributed by atoms with E-state index in [1.165, 1.54) is 11.3 Å². The quantitative estimate of drug-likeness (QED) is 0.288. The number of carbonyl (C=O) groups excluding carboxylic acids is 4. The Morgan fingerprint density at radius 3 is 2.10 bits per heavy atom. The molecule has 3 aromatic rings. The van der Waals surface area contributed by atoms with Crippen LogP contribution >= 0.6 is 11.6 Å². The predicted molar refractivity (Wildman–Crippen MR) is 162 cm³/mol. The minimum Gasteiger partial charge on any atom is -0.352 e. The van der Waals surface area contributed by atoms with Gasteiger partial charge in [0, 0.05) is 37.0 Å². The molecular weight excluding hydrogens is 550 g/mol. The number of nitrogens with one attached hydrogen (secondary N) is 1. The Morgan fingerprint density at radius 1 is 0.833 bits per heavy atom. The molecule has 7 nitrogen and oxygen atoms in total. The summed E-state index contributed by atoms with van der Waals surface area (Å²) in [5.41, 5.74) is 2.60. The monoisotopic (exact) mass is 585 g/mol. The zero-order valence-electron chi connectivity index (χ0n) is 23.6. The van der Waals surface area contributed by atoms with Gasteiger partial charge in [0.2, 0.25) is 11.8 Å². The van der Waals surface area contributed by atoms with Gasteiger partial charge in [-0.3, -0.25) is 24.1 Å². The van der Waals surface area contributed by atoms with Gasteiger partial charge >= 0.3 is 0 Å². The van der Waals surface area contributed by atoms with Crippen LogP contribution < -0.4 is 5.32 Å². The molecule has 4 amide bonds. The maximum atomic E-state index is 13.9. The molecule has 0 aromatic heterocycles. The minimum atomic E-state index is -0.725. The number of amides is 4. The van der Waals surface area contributed by atoms with Gasteiger partial charge in [0.25, 0.3) is 11.8 Å². The Bertz CT molecular complexity index is 1390. The highest BCUT2D eigenvalue weighted by atomic mass is 35.5. The van der Waals surface area contributed by atoms with Crippen LogP contribution in [0.5, 0.6) is 0 Å². The Labute approximate surface area is 251 Å². The summed E-state index contributed by atoms with van der Waals surface area (Å²) in [4.78, 5) is 56.3. The van der Waals surface area contributed by atoms with Crippen molar-refractivity contribution in [2.24, 2.45) is 0 Å². The predicted octanol–water partition coefficient (Wildman–Crippen LogP) is 5.81. The Hall–Kier alpha value is -3.97. The largest absolute Gasteiger partial charge is 0.352 e. The fraction of sp³-hybridized carbons (Fsp3) is 0.353. The highest BCUT2D eigenvalue weighted by Gasteiger charge is 2.36. The molecule has 0 radical (unpaired) electrons. The van der Waals surface area contributed by atoms with Gasteiger partial charge in [-0.15, -0.1) is 0 Å². The van der Waals surface area contributed by atoms with Crippen LogP contribution in [0.15, 0.2) is 78.9 Å². The highest BCUT2D eigenvalue weighted by Crippen LogP contribution is 2.24. The third-order valence-corrected chi connectivity index (χ3v) is 8.39. The van der Waals surface area contributed by atoms with Crippen LogP contribution in [0.2, 0.25) is 5.02 Å². The van der Waals surface area contributed by atoms with Gasteiger partial charge in [0.05, 0.1) is 11.1 Å². The number of hydrogen-bond donors (Lipinski definition) is 1. The van der Waals surface area contributed by atoms with E-state index in [2.05, 4.69) is 5.32 Å². The number of carbonyl (C=O) groups is 4. The van der Waals surface area contributed by atoms with Gasteiger partial charge in [-0.2, -0.15) is 0 Å². The minimum absolute atomic E-state index is 0.0863. The summed E-state index contributed by atoms with van der Waals surface area (Å²) >= 11 is 6.12. The SMILES string of the molecule is O=C(NC1CCCCC1)C(Cc1ccccc1)N(Cc1ccc(Cl)cc1)C(=O)CCCN1C(=O)c2ccccc2C1=O. The molecule has 1 heterocycles. The first-order chi connectivity index (χ1) is 20.4. The van der Waals surface area contributed by atoms with Crippen molar-refractivity contribution in [2.45, 2.75) is 70.0 Å². The molecule has 1 aliphatic heterocycles. The van der Waals surface area contributed by atoms with Gasteiger partial charge in [-0.05, 0) is 54.7 Å². The standard InChI is InChI=1S/C34H36ClN3O4/c35-26-19-17-25(18-20-26)23-38(31(39)16-9-21-37-33(41)28-14-7-8-15-29(28)34(37)42)30(22-24-10-3-1-4-11-24)32(40)36-27-12-5-2-6-13-27/h1,3-4,7-8,10-11,14-15,17-20,27,30H,2,5-6,9,12-13,16,21-23H2,(H,36,40). The highest BCUT2D eigenvalue weighted by molar-refractivity contribution is 6.30. The summed E-state index contributed by atoms with van der Waals surface area (Å²) in [5.74, 6) is -1.04. The average Bonchev–Trinajstić information content (AvgIpc) is 3.25. The second-order valence-corrected chi connectivity index (χ2v) is 11.5. The molecule has 218 valence electrons. The van der Waals surface area contributed by atoms with E-state index in [0.29, 0.717) is 29.0 Å². The fourth-order valence-corrected chi connectivity index (χ4v) is 5.98. The summed E-state index contributed by atoms with van der Waals surface area (Å²) in [6.07, 6.45) is 5.97. The van der Waals surface area contributed by atoms with Crippen LogP contribution in [0.3, 0.4) is 0 Å². The van der Waals surface area contributed by atoms with Crippen molar-refractivity contribution in [3.8, 4) is 0 Å². The molecule has 0 spiro atoms. The lowest BCUT2D eigenvalue weighted by Crippen LogP contribution is -2.52. The van der Waals surface area contributed by atoms with Gasteiger partial charge in [-0.1, -0.05) is 85.5 Å². The summed E-state index contributed by atoms with van der Waals surface area (Å²) in [6.45, 7) is 0.364. The topological polar surface area (TPSA) is 86.8 Å². The zero-order chi connectivity index (χ0) is 29.5. The van der Waals surface area contributed by atoms with Crippen LogP contribution in [0.25, 0.3) is 0 Å². The molecule has 0 saturated heterocycles. The van der Waals surface area contributed by atoms with Crippen molar-refractivity contribution in [1.82, 2.24) is 15.1 Å². The van der Waals surface area contributed by atoms with Crippen molar-refractivity contribution in [1.29, 1.82) is 0 Å². The molecule has 42 heavy (non-hydrogen) atoms. The van der Waals surface area contributed by atoms with Crippen LogP contribution in [0, 0.1) is 0 Å². The molecule has 1 saturated carbocycles. The Kier molecular flexibility index (Phi) is 9.70. The number of hydrogen-bond acceptors (Lipinski definition) is 4. The lowest BCUT2D eigenvalue weighted by Gasteiger charge is -2.33. The van der Waals surface area contributed by atoms with E-state index in [-0.39, 0.29) is 49.2 Å². The molecule has 1 unspecified atom stereocenters. The Morgan fingerprint density at radius 2 is 1.45 bits per heavy atom. The smallest absolute Gasteiger partial charge is 0.261 e. The normalized spacial score (nSPS) is 15.8. The van der Waals surface area contributed by atoms with Crippen LogP contribution in [-0.2, 0) is 22.6 Å². The molecule has 1 aliphatic carbocycles. The molecule has 1 fully saturated rings. The molecule has 3 aromatic carbocycles. The summed E-state index contributed by atoms with van der Waals surface area (Å²) in [6, 6.07) is 23.1. The summed E-state index contributed by atoms with van der Waals surface area (Å²) in [5, 5.41) is 3.83. The van der Waals surface area contributed by atoms with Crippen LogP contribution in [0.4, 0.5) is 0 Å². The number of fused-ring (bicyclic) bond motifs is 1. The van der Waals surface area contributed by atoms with Gasteiger partial charge in [0.15, 0.2) is 0 Å². The molecule has 1 N–H and O–H groups in total. The van der Waals surface area contributed by atoms with Gasteiger partial charge < -0.3 is 10.2 Å². The first-order valence-electron chi connectivity index (χ1n) is 14.7. The van der Waals surface area contributed by atoms with E-state index >= 15 is 0 Å². The molecule has 0 bridgehead atoms. The third-order valence-electron chi connectivity index (χ3n) is 8.14. The van der Waals surface area contributed by atoms with Crippen molar-refractivity contribution >= 4 is 35.2 Å². The van der Waals surface area contributed by atoms with Crippen LogP contribution in [0.1, 0.15) is 76.8 Å². The third kappa shape index (κ3) is 7.08. The number of rotatable bonds is 11. The maximum Gasteiger partial charge on any atom is 0.261 e. The van der Waals surface area contributed by atoms with Gasteiger partial charge in [-0.25, -0.2) is 0 Å². The molecule has 2 aliphatic rings. The van der Waals surface area contributed by atoms with Crippen molar-refractivity contribution in [2.75, 3.05) is 6.54 Å². The van der Waals surface area contributed by atoms with Gasteiger partial charge in [0.1, 0.15) is 6.04 Å². The number of imide groups is 1. The van der Waals surface area contributed by atoms with E-state index in [9.17, 15) is 19.2 Å². The number of halogens is 1. The number of nitrogens with zero attached hydrogens (tertiary/aromatic N) is 2. The second kappa shape index (κ2) is 13.8. The molecule has 8 heteroatoms. The average molecular weight is 586 g/mol.